The summed E-state index contributed by atoms with van der Waals surface area (Å²) in [6.07, 6.45) is 0. The van der Waals surface area contributed by atoms with Gasteiger partial charge in [-0.2, -0.15) is 0 Å². The van der Waals surface area contributed by atoms with Gasteiger partial charge >= 0.3 is 11.8 Å². The first-order chi connectivity index (χ1) is 9.50. The second kappa shape index (κ2) is 6.05. The molecular formula is C14H15ClN2O3. The number of alkyl halides is 1. The van der Waals surface area contributed by atoms with Crippen LogP contribution in [0.4, 0.5) is 0 Å². The first-order valence-corrected chi connectivity index (χ1v) is 6.77. The molecule has 0 spiro atoms. The largest absolute Gasteiger partial charge is 0.328 e. The van der Waals surface area contributed by atoms with Crippen molar-refractivity contribution >= 4 is 29.3 Å². The number of hydrogen-bond acceptors (Lipinski definition) is 3. The van der Waals surface area contributed by atoms with Gasteiger partial charge in [0.05, 0.1) is 0 Å². The van der Waals surface area contributed by atoms with Gasteiger partial charge in [-0.25, -0.2) is 0 Å². The molecule has 1 aromatic rings. The van der Waals surface area contributed by atoms with Crippen LogP contribution in [0.15, 0.2) is 30.3 Å². The minimum atomic E-state index is -0.813. The second-order valence-corrected chi connectivity index (χ2v) is 5.28. The number of imide groups is 1. The number of carbonyl (C=O) groups is 3. The Bertz CT molecular complexity index is 530. The van der Waals surface area contributed by atoms with Crippen molar-refractivity contribution in [2.75, 3.05) is 13.1 Å². The third kappa shape index (κ3) is 2.99. The minimum Gasteiger partial charge on any atom is -0.328 e. The van der Waals surface area contributed by atoms with Crippen LogP contribution in [0.25, 0.3) is 0 Å². The van der Waals surface area contributed by atoms with Gasteiger partial charge in [-0.1, -0.05) is 30.3 Å². The van der Waals surface area contributed by atoms with Gasteiger partial charge in [0.15, 0.2) is 0 Å². The predicted octanol–water partition coefficient (Wildman–Crippen LogP) is 1.01. The van der Waals surface area contributed by atoms with Crippen molar-refractivity contribution in [3.05, 3.63) is 35.9 Å². The Morgan fingerprint density at radius 3 is 2.45 bits per heavy atom. The van der Waals surface area contributed by atoms with Crippen LogP contribution in [0.1, 0.15) is 12.5 Å². The molecule has 1 aromatic carbocycles. The van der Waals surface area contributed by atoms with Crippen LogP contribution in [0.5, 0.6) is 0 Å². The van der Waals surface area contributed by atoms with E-state index in [4.69, 9.17) is 11.6 Å². The molecule has 0 aromatic heterocycles. The third-order valence-corrected chi connectivity index (χ3v) is 3.32. The Morgan fingerprint density at radius 2 is 1.85 bits per heavy atom. The van der Waals surface area contributed by atoms with Crippen LogP contribution in [-0.2, 0) is 20.9 Å². The van der Waals surface area contributed by atoms with E-state index in [9.17, 15) is 14.4 Å². The van der Waals surface area contributed by atoms with Crippen LogP contribution in [-0.4, -0.2) is 46.0 Å². The number of rotatable bonds is 3. The molecule has 0 aliphatic carbocycles. The monoisotopic (exact) mass is 294 g/mol. The van der Waals surface area contributed by atoms with Gasteiger partial charge in [0.1, 0.15) is 5.38 Å². The molecule has 0 N–H and O–H groups in total. The fourth-order valence-electron chi connectivity index (χ4n) is 2.05. The lowest BCUT2D eigenvalue weighted by molar-refractivity contribution is -0.161. The number of carbonyl (C=O) groups excluding carboxylic acids is 3. The molecule has 106 valence electrons. The van der Waals surface area contributed by atoms with Crippen molar-refractivity contribution in [3.8, 4) is 0 Å². The summed E-state index contributed by atoms with van der Waals surface area (Å²) in [6, 6.07) is 9.40. The zero-order chi connectivity index (χ0) is 14.7. The second-order valence-electron chi connectivity index (χ2n) is 4.62. The summed E-state index contributed by atoms with van der Waals surface area (Å²) >= 11 is 5.67. The minimum absolute atomic E-state index is 0.188. The average molecular weight is 295 g/mol. The normalized spacial score (nSPS) is 17.3. The van der Waals surface area contributed by atoms with Crippen LogP contribution in [0.2, 0.25) is 0 Å². The summed E-state index contributed by atoms with van der Waals surface area (Å²) in [5, 5.41) is -0.813. The smallest absolute Gasteiger partial charge is 0.318 e. The van der Waals surface area contributed by atoms with Crippen molar-refractivity contribution in [2.24, 2.45) is 0 Å². The molecule has 1 aliphatic rings. The van der Waals surface area contributed by atoms with Crippen LogP contribution in [0, 0.1) is 0 Å². The molecule has 5 nitrogen and oxygen atoms in total. The summed E-state index contributed by atoms with van der Waals surface area (Å²) in [5.74, 6) is -1.99. The quantitative estimate of drug-likeness (QED) is 0.617. The fraction of sp³-hybridized carbons (Fsp3) is 0.357. The van der Waals surface area contributed by atoms with E-state index in [1.54, 1.807) is 0 Å². The highest BCUT2D eigenvalue weighted by atomic mass is 35.5. The van der Waals surface area contributed by atoms with Crippen LogP contribution >= 0.6 is 11.6 Å². The Kier molecular flexibility index (Phi) is 4.39. The summed E-state index contributed by atoms with van der Waals surface area (Å²) in [6.45, 7) is 2.37. The number of nitrogens with zero attached hydrogens (tertiary/aromatic N) is 2. The fourth-order valence-corrected chi connectivity index (χ4v) is 2.17. The zero-order valence-corrected chi connectivity index (χ0v) is 11.8. The maximum absolute atomic E-state index is 12.0. The first kappa shape index (κ1) is 14.5. The number of piperazine rings is 1. The third-order valence-electron chi connectivity index (χ3n) is 3.13. The Morgan fingerprint density at radius 1 is 1.20 bits per heavy atom. The van der Waals surface area contributed by atoms with E-state index in [1.165, 1.54) is 11.8 Å². The Balaban J connectivity index is 2.06. The first-order valence-electron chi connectivity index (χ1n) is 6.33. The molecule has 1 fully saturated rings. The molecule has 3 amide bonds. The molecule has 1 saturated heterocycles. The van der Waals surface area contributed by atoms with Gasteiger partial charge in [0.2, 0.25) is 5.91 Å². The molecule has 6 heteroatoms. The maximum atomic E-state index is 12.0. The van der Waals surface area contributed by atoms with E-state index in [1.807, 2.05) is 30.3 Å². The van der Waals surface area contributed by atoms with E-state index < -0.39 is 23.1 Å². The summed E-state index contributed by atoms with van der Waals surface area (Å²) in [4.78, 5) is 38.0. The van der Waals surface area contributed by atoms with Crippen molar-refractivity contribution in [1.29, 1.82) is 0 Å². The van der Waals surface area contributed by atoms with E-state index in [2.05, 4.69) is 0 Å². The summed E-state index contributed by atoms with van der Waals surface area (Å²) in [7, 11) is 0. The molecule has 1 aliphatic heterocycles. The zero-order valence-electron chi connectivity index (χ0n) is 11.1. The van der Waals surface area contributed by atoms with Crippen molar-refractivity contribution in [3.63, 3.8) is 0 Å². The van der Waals surface area contributed by atoms with Gasteiger partial charge in [-0.3, -0.25) is 19.3 Å². The lowest BCUT2D eigenvalue weighted by Crippen LogP contribution is -2.56. The molecule has 0 saturated carbocycles. The average Bonchev–Trinajstić information content (AvgIpc) is 2.44. The van der Waals surface area contributed by atoms with Gasteiger partial charge < -0.3 is 4.90 Å². The molecule has 1 atom stereocenters. The molecule has 2 rings (SSSR count). The van der Waals surface area contributed by atoms with Crippen LogP contribution < -0.4 is 0 Å². The molecule has 1 unspecified atom stereocenters. The SMILES string of the molecule is CC(Cl)C(=O)N1CCN(Cc2ccccc2)C(=O)C1=O. The summed E-state index contributed by atoms with van der Waals surface area (Å²) in [5.41, 5.74) is 0.944. The van der Waals surface area contributed by atoms with Crippen LogP contribution in [0.3, 0.4) is 0 Å². The molecule has 1 heterocycles. The Hall–Kier alpha value is -1.88. The van der Waals surface area contributed by atoms with E-state index in [0.717, 1.165) is 10.5 Å². The lowest BCUT2D eigenvalue weighted by Gasteiger charge is -2.33. The number of benzene rings is 1. The van der Waals surface area contributed by atoms with E-state index in [0.29, 0.717) is 13.1 Å². The number of hydrogen-bond donors (Lipinski definition) is 0. The molecule has 0 radical (unpaired) electrons. The topological polar surface area (TPSA) is 57.7 Å². The number of halogens is 1. The number of amides is 3. The molecule has 0 bridgehead atoms. The van der Waals surface area contributed by atoms with Crippen molar-refractivity contribution in [1.82, 2.24) is 9.80 Å². The molecule has 20 heavy (non-hydrogen) atoms. The maximum Gasteiger partial charge on any atom is 0.318 e. The van der Waals surface area contributed by atoms with Crippen molar-refractivity contribution < 1.29 is 14.4 Å². The predicted molar refractivity (Wildman–Crippen MR) is 73.9 cm³/mol. The summed E-state index contributed by atoms with van der Waals surface area (Å²) < 4.78 is 0. The van der Waals surface area contributed by atoms with E-state index in [-0.39, 0.29) is 6.54 Å². The highest BCUT2D eigenvalue weighted by molar-refractivity contribution is 6.40. The molecular weight excluding hydrogens is 280 g/mol. The highest BCUT2D eigenvalue weighted by Crippen LogP contribution is 2.12. The van der Waals surface area contributed by atoms with Gasteiger partial charge in [0, 0.05) is 19.6 Å². The van der Waals surface area contributed by atoms with Gasteiger partial charge in [0.25, 0.3) is 0 Å². The van der Waals surface area contributed by atoms with Gasteiger partial charge in [-0.05, 0) is 12.5 Å². The van der Waals surface area contributed by atoms with Gasteiger partial charge in [-0.15, -0.1) is 11.6 Å². The lowest BCUT2D eigenvalue weighted by atomic mass is 10.2. The standard InChI is InChI=1S/C14H15ClN2O3/c1-10(15)12(18)17-8-7-16(13(19)14(17)20)9-11-5-3-2-4-6-11/h2-6,10H,7-9H2,1H3. The van der Waals surface area contributed by atoms with Crippen molar-refractivity contribution in [2.45, 2.75) is 18.8 Å². The van der Waals surface area contributed by atoms with E-state index >= 15 is 0 Å². The Labute approximate surface area is 122 Å². The highest BCUT2D eigenvalue weighted by Gasteiger charge is 2.37.